The van der Waals surface area contributed by atoms with E-state index in [4.69, 9.17) is 16.3 Å². The minimum atomic E-state index is -0.950. The highest BCUT2D eigenvalue weighted by Gasteiger charge is 2.56. The van der Waals surface area contributed by atoms with Gasteiger partial charge in [-0.3, -0.25) is 9.59 Å². The van der Waals surface area contributed by atoms with Gasteiger partial charge in [-0.25, -0.2) is 0 Å². The molecule has 1 fully saturated rings. The van der Waals surface area contributed by atoms with E-state index in [1.807, 2.05) is 24.3 Å². The molecule has 0 atom stereocenters. The number of hydrogen-bond acceptors (Lipinski definition) is 3. The van der Waals surface area contributed by atoms with Crippen molar-refractivity contribution in [2.45, 2.75) is 19.3 Å². The van der Waals surface area contributed by atoms with Crippen LogP contribution >= 0.6 is 11.6 Å². The van der Waals surface area contributed by atoms with Crippen LogP contribution in [0.5, 0.6) is 5.75 Å². The van der Waals surface area contributed by atoms with Crippen molar-refractivity contribution in [2.24, 2.45) is 5.41 Å². The zero-order valence-corrected chi connectivity index (χ0v) is 15.3. The first-order chi connectivity index (χ1) is 12.5. The average Bonchev–Trinajstić information content (AvgIpc) is 3.44. The Bertz CT molecular complexity index is 801. The van der Waals surface area contributed by atoms with E-state index in [9.17, 15) is 9.59 Å². The first-order valence-electron chi connectivity index (χ1n) is 8.52. The van der Waals surface area contributed by atoms with Crippen LogP contribution < -0.4 is 15.4 Å². The number of nitrogens with one attached hydrogen (secondary N) is 2. The largest absolute Gasteiger partial charge is 0.497 e. The van der Waals surface area contributed by atoms with Crippen LogP contribution in [0.1, 0.15) is 18.4 Å². The zero-order valence-electron chi connectivity index (χ0n) is 14.5. The van der Waals surface area contributed by atoms with Crippen molar-refractivity contribution in [3.63, 3.8) is 0 Å². The Morgan fingerprint density at radius 2 is 1.85 bits per heavy atom. The molecule has 0 bridgehead atoms. The third-order valence-electron chi connectivity index (χ3n) is 4.56. The van der Waals surface area contributed by atoms with Gasteiger partial charge in [0.1, 0.15) is 11.2 Å². The molecule has 1 saturated carbocycles. The fourth-order valence-electron chi connectivity index (χ4n) is 2.79. The number of ether oxygens (including phenoxy) is 1. The molecule has 6 heteroatoms. The Morgan fingerprint density at radius 1 is 1.12 bits per heavy atom. The van der Waals surface area contributed by atoms with Gasteiger partial charge in [-0.05, 0) is 61.2 Å². The summed E-state index contributed by atoms with van der Waals surface area (Å²) in [5.41, 5.74) is 0.744. The Labute approximate surface area is 157 Å². The fourth-order valence-corrected chi connectivity index (χ4v) is 3.00. The van der Waals surface area contributed by atoms with E-state index >= 15 is 0 Å². The standard InChI is InChI=1S/C20H21ClN2O3/c1-26-17-7-5-16(6-8-17)23-19(25)20(10-11-20)18(24)22-12-9-14-3-2-4-15(21)13-14/h2-8,13H,9-12H2,1H3,(H,22,24)(H,23,25). The monoisotopic (exact) mass is 372 g/mol. The second-order valence-electron chi connectivity index (χ2n) is 6.40. The van der Waals surface area contributed by atoms with E-state index in [2.05, 4.69) is 10.6 Å². The molecule has 2 aromatic rings. The maximum Gasteiger partial charge on any atom is 0.240 e. The number of methoxy groups -OCH3 is 1. The van der Waals surface area contributed by atoms with Gasteiger partial charge >= 0.3 is 0 Å². The number of hydrogen-bond donors (Lipinski definition) is 2. The quantitative estimate of drug-likeness (QED) is 0.732. The SMILES string of the molecule is COc1ccc(NC(=O)C2(C(=O)NCCc3cccc(Cl)c3)CC2)cc1. The Hall–Kier alpha value is -2.53. The van der Waals surface area contributed by atoms with E-state index in [-0.39, 0.29) is 11.8 Å². The van der Waals surface area contributed by atoms with Crippen LogP contribution in [0.3, 0.4) is 0 Å². The molecule has 2 aromatic carbocycles. The van der Waals surface area contributed by atoms with Crippen LogP contribution in [0.25, 0.3) is 0 Å². The zero-order chi connectivity index (χ0) is 18.6. The van der Waals surface area contributed by atoms with Crippen LogP contribution in [-0.4, -0.2) is 25.5 Å². The molecule has 2 N–H and O–H groups in total. The third-order valence-corrected chi connectivity index (χ3v) is 4.79. The highest BCUT2D eigenvalue weighted by Crippen LogP contribution is 2.46. The smallest absolute Gasteiger partial charge is 0.240 e. The topological polar surface area (TPSA) is 67.4 Å². The first-order valence-corrected chi connectivity index (χ1v) is 8.89. The molecule has 5 nitrogen and oxygen atoms in total. The molecule has 26 heavy (non-hydrogen) atoms. The normalized spacial score (nSPS) is 14.4. The second-order valence-corrected chi connectivity index (χ2v) is 6.84. The number of anilines is 1. The minimum absolute atomic E-state index is 0.217. The third kappa shape index (κ3) is 4.17. The molecule has 0 saturated heterocycles. The van der Waals surface area contributed by atoms with E-state index in [0.29, 0.717) is 42.3 Å². The summed E-state index contributed by atoms with van der Waals surface area (Å²) in [4.78, 5) is 25.0. The predicted octanol–water partition coefficient (Wildman–Crippen LogP) is 3.43. The van der Waals surface area contributed by atoms with Crippen molar-refractivity contribution in [1.29, 1.82) is 0 Å². The first kappa shape index (κ1) is 18.3. The molecule has 0 radical (unpaired) electrons. The van der Waals surface area contributed by atoms with Gasteiger partial charge in [0.25, 0.3) is 0 Å². The molecular weight excluding hydrogens is 352 g/mol. The van der Waals surface area contributed by atoms with Gasteiger partial charge in [0.05, 0.1) is 7.11 Å². The second kappa shape index (κ2) is 7.79. The highest BCUT2D eigenvalue weighted by atomic mass is 35.5. The predicted molar refractivity (Wildman–Crippen MR) is 101 cm³/mol. The summed E-state index contributed by atoms with van der Waals surface area (Å²) >= 11 is 5.96. The lowest BCUT2D eigenvalue weighted by Gasteiger charge is -2.15. The Balaban J connectivity index is 1.53. The minimum Gasteiger partial charge on any atom is -0.497 e. The maximum atomic E-state index is 12.5. The molecule has 2 amide bonds. The van der Waals surface area contributed by atoms with Crippen LogP contribution in [0.15, 0.2) is 48.5 Å². The highest BCUT2D eigenvalue weighted by molar-refractivity contribution is 6.30. The molecule has 3 rings (SSSR count). The summed E-state index contributed by atoms with van der Waals surface area (Å²) in [6.45, 7) is 0.469. The Kier molecular flexibility index (Phi) is 5.47. The van der Waals surface area contributed by atoms with Gasteiger partial charge < -0.3 is 15.4 Å². The maximum absolute atomic E-state index is 12.5. The number of carbonyl (C=O) groups is 2. The summed E-state index contributed by atoms with van der Waals surface area (Å²) in [5.74, 6) is 0.233. The molecule has 1 aliphatic rings. The average molecular weight is 373 g/mol. The number of halogens is 1. The van der Waals surface area contributed by atoms with Gasteiger partial charge in [0.2, 0.25) is 11.8 Å². The van der Waals surface area contributed by atoms with Crippen molar-refractivity contribution in [3.8, 4) is 5.75 Å². The molecule has 0 aliphatic heterocycles. The van der Waals surface area contributed by atoms with Crippen molar-refractivity contribution in [1.82, 2.24) is 5.32 Å². The molecule has 0 heterocycles. The lowest BCUT2D eigenvalue weighted by atomic mass is 10.0. The van der Waals surface area contributed by atoms with Crippen molar-refractivity contribution < 1.29 is 14.3 Å². The van der Waals surface area contributed by atoms with Crippen molar-refractivity contribution in [3.05, 3.63) is 59.1 Å². The van der Waals surface area contributed by atoms with Gasteiger partial charge in [-0.1, -0.05) is 23.7 Å². The van der Waals surface area contributed by atoms with E-state index in [0.717, 1.165) is 5.56 Å². The van der Waals surface area contributed by atoms with Crippen molar-refractivity contribution >= 4 is 29.1 Å². The number of amides is 2. The van der Waals surface area contributed by atoms with Gasteiger partial charge in [-0.15, -0.1) is 0 Å². The molecule has 0 aromatic heterocycles. The van der Waals surface area contributed by atoms with E-state index in [1.165, 1.54) is 0 Å². The Morgan fingerprint density at radius 3 is 2.46 bits per heavy atom. The van der Waals surface area contributed by atoms with Crippen LogP contribution in [0.2, 0.25) is 5.02 Å². The number of carbonyl (C=O) groups excluding carboxylic acids is 2. The summed E-state index contributed by atoms with van der Waals surface area (Å²) in [5, 5.41) is 6.37. The number of rotatable bonds is 7. The molecule has 0 spiro atoms. The van der Waals surface area contributed by atoms with Gasteiger partial charge in [0, 0.05) is 17.3 Å². The van der Waals surface area contributed by atoms with Crippen LogP contribution in [-0.2, 0) is 16.0 Å². The summed E-state index contributed by atoms with van der Waals surface area (Å²) in [6.07, 6.45) is 1.80. The summed E-state index contributed by atoms with van der Waals surface area (Å²) < 4.78 is 5.10. The lowest BCUT2D eigenvalue weighted by molar-refractivity contribution is -0.134. The number of benzene rings is 2. The molecule has 1 aliphatic carbocycles. The van der Waals surface area contributed by atoms with Crippen LogP contribution in [0, 0.1) is 5.41 Å². The lowest BCUT2D eigenvalue weighted by Crippen LogP contribution is -2.40. The summed E-state index contributed by atoms with van der Waals surface area (Å²) in [7, 11) is 1.58. The molecule has 136 valence electrons. The molecule has 0 unspecified atom stereocenters. The molecular formula is C20H21ClN2O3. The van der Waals surface area contributed by atoms with Crippen molar-refractivity contribution in [2.75, 3.05) is 19.0 Å². The fraction of sp³-hybridized carbons (Fsp3) is 0.300. The van der Waals surface area contributed by atoms with Gasteiger partial charge in [-0.2, -0.15) is 0 Å². The van der Waals surface area contributed by atoms with Crippen LogP contribution in [0.4, 0.5) is 5.69 Å². The van der Waals surface area contributed by atoms with E-state index in [1.54, 1.807) is 31.4 Å². The summed E-state index contributed by atoms with van der Waals surface area (Å²) in [6, 6.07) is 14.6. The van der Waals surface area contributed by atoms with Gasteiger partial charge in [0.15, 0.2) is 0 Å². The van der Waals surface area contributed by atoms with E-state index < -0.39 is 5.41 Å².